The minimum Gasteiger partial charge on any atom is -0.395 e. The van der Waals surface area contributed by atoms with Crippen molar-refractivity contribution in [2.24, 2.45) is 0 Å². The van der Waals surface area contributed by atoms with E-state index in [9.17, 15) is 10.1 Å². The SMILES string of the molecule is CCN(c1ncnc(N2CCN(CCO)CC2)c1[N+](=O)[O-])c1cccc2ccccc12. The monoisotopic (exact) mass is 422 g/mol. The quantitative estimate of drug-likeness (QED) is 0.458. The van der Waals surface area contributed by atoms with Crippen LogP contribution in [0.2, 0.25) is 0 Å². The smallest absolute Gasteiger partial charge is 0.353 e. The van der Waals surface area contributed by atoms with Gasteiger partial charge >= 0.3 is 5.69 Å². The second-order valence-corrected chi connectivity index (χ2v) is 7.42. The van der Waals surface area contributed by atoms with Gasteiger partial charge in [0.2, 0.25) is 11.6 Å². The number of anilines is 3. The number of hydrogen-bond acceptors (Lipinski definition) is 8. The lowest BCUT2D eigenvalue weighted by atomic mass is 10.1. The molecule has 4 rings (SSSR count). The van der Waals surface area contributed by atoms with Crippen LogP contribution in [0.25, 0.3) is 10.8 Å². The average molecular weight is 422 g/mol. The molecule has 162 valence electrons. The Morgan fingerprint density at radius 1 is 1.10 bits per heavy atom. The molecule has 9 nitrogen and oxygen atoms in total. The van der Waals surface area contributed by atoms with Gasteiger partial charge in [0.1, 0.15) is 6.33 Å². The van der Waals surface area contributed by atoms with Crippen LogP contribution in [0.5, 0.6) is 0 Å². The van der Waals surface area contributed by atoms with Crippen LogP contribution in [0.4, 0.5) is 23.0 Å². The molecule has 31 heavy (non-hydrogen) atoms. The third kappa shape index (κ3) is 4.14. The summed E-state index contributed by atoms with van der Waals surface area (Å²) in [6.45, 7) is 5.85. The minimum atomic E-state index is -0.376. The molecule has 1 fully saturated rings. The summed E-state index contributed by atoms with van der Waals surface area (Å²) in [6.07, 6.45) is 1.41. The van der Waals surface area contributed by atoms with Crippen molar-refractivity contribution in [3.8, 4) is 0 Å². The number of nitrogens with zero attached hydrogens (tertiary/aromatic N) is 6. The van der Waals surface area contributed by atoms with Crippen molar-refractivity contribution in [3.05, 3.63) is 58.9 Å². The molecule has 9 heteroatoms. The zero-order chi connectivity index (χ0) is 21.8. The first-order valence-electron chi connectivity index (χ1n) is 10.5. The highest BCUT2D eigenvalue weighted by molar-refractivity contribution is 5.96. The third-order valence-corrected chi connectivity index (χ3v) is 5.68. The number of aromatic nitrogens is 2. The highest BCUT2D eigenvalue weighted by Crippen LogP contribution is 2.39. The van der Waals surface area contributed by atoms with Gasteiger partial charge in [0.25, 0.3) is 0 Å². The first kappa shape index (κ1) is 21.0. The predicted molar refractivity (Wildman–Crippen MR) is 121 cm³/mol. The van der Waals surface area contributed by atoms with E-state index in [1.54, 1.807) is 0 Å². The first-order valence-corrected chi connectivity index (χ1v) is 10.5. The van der Waals surface area contributed by atoms with Gasteiger partial charge in [-0.3, -0.25) is 15.0 Å². The second-order valence-electron chi connectivity index (χ2n) is 7.42. The predicted octanol–water partition coefficient (Wildman–Crippen LogP) is 2.81. The number of rotatable bonds is 7. The average Bonchev–Trinajstić information content (AvgIpc) is 2.80. The van der Waals surface area contributed by atoms with Crippen LogP contribution >= 0.6 is 0 Å². The van der Waals surface area contributed by atoms with Crippen molar-refractivity contribution in [2.45, 2.75) is 6.92 Å². The fourth-order valence-electron chi connectivity index (χ4n) is 4.16. The number of fused-ring (bicyclic) bond motifs is 1. The highest BCUT2D eigenvalue weighted by Gasteiger charge is 2.32. The Kier molecular flexibility index (Phi) is 6.24. The topological polar surface area (TPSA) is 98.9 Å². The number of β-amino-alcohol motifs (C(OH)–C–C–N with tert-alkyl or cyclic N) is 1. The number of benzene rings is 2. The molecular formula is C22H26N6O3. The van der Waals surface area contributed by atoms with Gasteiger partial charge in [0, 0.05) is 44.7 Å². The van der Waals surface area contributed by atoms with E-state index in [0.29, 0.717) is 37.8 Å². The molecule has 0 aliphatic carbocycles. The molecule has 0 spiro atoms. The van der Waals surface area contributed by atoms with Crippen molar-refractivity contribution in [1.29, 1.82) is 0 Å². The van der Waals surface area contributed by atoms with Gasteiger partial charge in [-0.2, -0.15) is 0 Å². The molecule has 2 heterocycles. The number of nitro groups is 1. The summed E-state index contributed by atoms with van der Waals surface area (Å²) in [5.74, 6) is 0.643. The molecule has 0 radical (unpaired) electrons. The van der Waals surface area contributed by atoms with Gasteiger partial charge in [-0.05, 0) is 18.4 Å². The number of aliphatic hydroxyl groups excluding tert-OH is 1. The maximum Gasteiger partial charge on any atom is 0.353 e. The van der Waals surface area contributed by atoms with Crippen LogP contribution in [-0.4, -0.2) is 70.8 Å². The van der Waals surface area contributed by atoms with Gasteiger partial charge in [0.15, 0.2) is 0 Å². The Morgan fingerprint density at radius 2 is 1.84 bits per heavy atom. The molecule has 0 atom stereocenters. The normalized spacial score (nSPS) is 14.7. The summed E-state index contributed by atoms with van der Waals surface area (Å²) in [7, 11) is 0. The van der Waals surface area contributed by atoms with Crippen molar-refractivity contribution < 1.29 is 10.0 Å². The second kappa shape index (κ2) is 9.23. The lowest BCUT2D eigenvalue weighted by Gasteiger charge is -2.35. The molecule has 0 amide bonds. The maximum atomic E-state index is 12.2. The molecule has 1 saturated heterocycles. The van der Waals surface area contributed by atoms with E-state index in [4.69, 9.17) is 5.11 Å². The lowest BCUT2D eigenvalue weighted by molar-refractivity contribution is -0.383. The standard InChI is InChI=1S/C22H26N6O3/c1-2-27(19-9-5-7-17-6-3-4-8-18(17)19)22-20(28(30)31)21(23-16-24-22)26-12-10-25(11-13-26)14-15-29/h3-9,16,29H,2,10-15H2,1H3. The van der Waals surface area contributed by atoms with Crippen molar-refractivity contribution >= 4 is 33.8 Å². The summed E-state index contributed by atoms with van der Waals surface area (Å²) < 4.78 is 0. The zero-order valence-corrected chi connectivity index (χ0v) is 17.5. The van der Waals surface area contributed by atoms with Crippen LogP contribution in [0.1, 0.15) is 6.92 Å². The fourth-order valence-corrected chi connectivity index (χ4v) is 4.16. The van der Waals surface area contributed by atoms with E-state index < -0.39 is 0 Å². The molecule has 3 aromatic rings. The van der Waals surface area contributed by atoms with Crippen LogP contribution in [0.15, 0.2) is 48.8 Å². The zero-order valence-electron chi connectivity index (χ0n) is 17.5. The van der Waals surface area contributed by atoms with Crippen molar-refractivity contribution in [3.63, 3.8) is 0 Å². The number of hydrogen-bond donors (Lipinski definition) is 1. The largest absolute Gasteiger partial charge is 0.395 e. The third-order valence-electron chi connectivity index (χ3n) is 5.68. The van der Waals surface area contributed by atoms with Crippen LogP contribution in [-0.2, 0) is 0 Å². The molecule has 0 unspecified atom stereocenters. The van der Waals surface area contributed by atoms with Gasteiger partial charge in [-0.1, -0.05) is 36.4 Å². The van der Waals surface area contributed by atoms with Crippen LogP contribution < -0.4 is 9.80 Å². The molecular weight excluding hydrogens is 396 g/mol. The van der Waals surface area contributed by atoms with Gasteiger partial charge in [-0.15, -0.1) is 0 Å². The van der Waals surface area contributed by atoms with E-state index in [0.717, 1.165) is 29.5 Å². The molecule has 0 saturated carbocycles. The maximum absolute atomic E-state index is 12.2. The van der Waals surface area contributed by atoms with Crippen LogP contribution in [0, 0.1) is 10.1 Å². The molecule has 0 bridgehead atoms. The minimum absolute atomic E-state index is 0.0760. The van der Waals surface area contributed by atoms with E-state index in [1.807, 2.05) is 59.2 Å². The Morgan fingerprint density at radius 3 is 2.55 bits per heavy atom. The van der Waals surface area contributed by atoms with Gasteiger partial charge in [-0.25, -0.2) is 9.97 Å². The first-order chi connectivity index (χ1) is 15.1. The molecule has 1 N–H and O–H groups in total. The Balaban J connectivity index is 1.76. The van der Waals surface area contributed by atoms with E-state index in [2.05, 4.69) is 14.9 Å². The number of aliphatic hydroxyl groups is 1. The molecule has 1 aromatic heterocycles. The Hall–Kier alpha value is -3.30. The highest BCUT2D eigenvalue weighted by atomic mass is 16.6. The summed E-state index contributed by atoms with van der Waals surface area (Å²) >= 11 is 0. The molecule has 1 aliphatic rings. The van der Waals surface area contributed by atoms with Crippen molar-refractivity contribution in [2.75, 3.05) is 55.7 Å². The number of piperazine rings is 1. The summed E-state index contributed by atoms with van der Waals surface area (Å²) in [4.78, 5) is 26.4. The summed E-state index contributed by atoms with van der Waals surface area (Å²) in [6, 6.07) is 13.9. The molecule has 2 aromatic carbocycles. The van der Waals surface area contributed by atoms with E-state index in [-0.39, 0.29) is 17.2 Å². The Labute approximate surface area is 180 Å². The summed E-state index contributed by atoms with van der Waals surface area (Å²) in [5, 5.41) is 23.4. The summed E-state index contributed by atoms with van der Waals surface area (Å²) in [5.41, 5.74) is 0.800. The van der Waals surface area contributed by atoms with E-state index in [1.165, 1.54) is 6.33 Å². The van der Waals surface area contributed by atoms with Gasteiger partial charge in [0.05, 0.1) is 17.2 Å². The van der Waals surface area contributed by atoms with Gasteiger partial charge < -0.3 is 14.9 Å². The fraction of sp³-hybridized carbons (Fsp3) is 0.364. The van der Waals surface area contributed by atoms with Crippen molar-refractivity contribution in [1.82, 2.24) is 14.9 Å². The van der Waals surface area contributed by atoms with E-state index >= 15 is 0 Å². The van der Waals surface area contributed by atoms with Crippen LogP contribution in [0.3, 0.4) is 0 Å². The lowest BCUT2D eigenvalue weighted by Crippen LogP contribution is -2.47. The molecule has 1 aliphatic heterocycles. The Bertz CT molecular complexity index is 1060.